The first-order chi connectivity index (χ1) is 10.3. The molecule has 4 rings (SSSR count). The standard InChI is InChI=1S/C15H18ClN3O2/c1-20-13-5-4-10-15(18-13)19(12(8-16)17-10)11-6-7-21-14(11)9-2-3-9/h4-5,9,11,14H,2-3,6-8H2,1H3. The van der Waals surface area contributed by atoms with Crippen molar-refractivity contribution in [3.63, 3.8) is 0 Å². The molecule has 6 heteroatoms. The highest BCUT2D eigenvalue weighted by Gasteiger charge is 2.42. The largest absolute Gasteiger partial charge is 0.481 e. The van der Waals surface area contributed by atoms with Gasteiger partial charge in [-0.15, -0.1) is 11.6 Å². The van der Waals surface area contributed by atoms with Crippen LogP contribution in [0, 0.1) is 5.92 Å². The van der Waals surface area contributed by atoms with E-state index in [-0.39, 0.29) is 12.1 Å². The third kappa shape index (κ3) is 2.19. The molecule has 2 atom stereocenters. The summed E-state index contributed by atoms with van der Waals surface area (Å²) in [7, 11) is 1.63. The molecule has 2 aromatic heterocycles. The van der Waals surface area contributed by atoms with E-state index >= 15 is 0 Å². The Bertz CT molecular complexity index is 668. The van der Waals surface area contributed by atoms with E-state index in [9.17, 15) is 0 Å². The summed E-state index contributed by atoms with van der Waals surface area (Å²) < 4.78 is 13.4. The number of halogens is 1. The number of hydrogen-bond acceptors (Lipinski definition) is 4. The Labute approximate surface area is 128 Å². The second-order valence-electron chi connectivity index (χ2n) is 5.76. The third-order valence-electron chi connectivity index (χ3n) is 4.43. The van der Waals surface area contributed by atoms with Crippen molar-refractivity contribution in [2.24, 2.45) is 5.92 Å². The maximum atomic E-state index is 6.12. The average molecular weight is 308 g/mol. The fourth-order valence-corrected chi connectivity index (χ4v) is 3.50. The Morgan fingerprint density at radius 3 is 2.90 bits per heavy atom. The summed E-state index contributed by atoms with van der Waals surface area (Å²) in [5.74, 6) is 2.54. The molecule has 2 unspecified atom stereocenters. The third-order valence-corrected chi connectivity index (χ3v) is 4.67. The lowest BCUT2D eigenvalue weighted by Gasteiger charge is -2.21. The van der Waals surface area contributed by atoms with Crippen LogP contribution in [-0.4, -0.2) is 34.4 Å². The number of methoxy groups -OCH3 is 1. The molecule has 0 amide bonds. The molecule has 0 aromatic carbocycles. The predicted octanol–water partition coefficient (Wildman–Crippen LogP) is 2.92. The fourth-order valence-electron chi connectivity index (χ4n) is 3.31. The molecular formula is C15H18ClN3O2. The second kappa shape index (κ2) is 5.14. The van der Waals surface area contributed by atoms with Crippen molar-refractivity contribution in [2.75, 3.05) is 13.7 Å². The molecule has 0 spiro atoms. The van der Waals surface area contributed by atoms with Gasteiger partial charge in [-0.1, -0.05) is 0 Å². The number of hydrogen-bond donors (Lipinski definition) is 0. The van der Waals surface area contributed by atoms with Gasteiger partial charge in [0.15, 0.2) is 5.65 Å². The summed E-state index contributed by atoms with van der Waals surface area (Å²) in [6.07, 6.45) is 3.80. The Morgan fingerprint density at radius 1 is 1.33 bits per heavy atom. The van der Waals surface area contributed by atoms with E-state index in [1.54, 1.807) is 7.11 Å². The number of imidazole rings is 1. The molecule has 1 saturated carbocycles. The van der Waals surface area contributed by atoms with Gasteiger partial charge in [-0.05, 0) is 31.2 Å². The van der Waals surface area contributed by atoms with Gasteiger partial charge in [-0.3, -0.25) is 0 Å². The van der Waals surface area contributed by atoms with Crippen LogP contribution in [0.15, 0.2) is 12.1 Å². The van der Waals surface area contributed by atoms with Gasteiger partial charge in [-0.2, -0.15) is 4.98 Å². The van der Waals surface area contributed by atoms with Gasteiger partial charge in [0.05, 0.1) is 25.1 Å². The Balaban J connectivity index is 1.84. The number of pyridine rings is 1. The van der Waals surface area contributed by atoms with Crippen molar-refractivity contribution >= 4 is 22.8 Å². The molecule has 0 N–H and O–H groups in total. The molecule has 1 saturated heterocycles. The van der Waals surface area contributed by atoms with E-state index in [1.165, 1.54) is 12.8 Å². The number of rotatable bonds is 4. The molecule has 0 radical (unpaired) electrons. The smallest absolute Gasteiger partial charge is 0.215 e. The molecule has 112 valence electrons. The summed E-state index contributed by atoms with van der Waals surface area (Å²) in [6.45, 7) is 0.803. The number of nitrogens with zero attached hydrogens (tertiary/aromatic N) is 3. The second-order valence-corrected chi connectivity index (χ2v) is 6.02. The highest BCUT2D eigenvalue weighted by atomic mass is 35.5. The number of alkyl halides is 1. The Morgan fingerprint density at radius 2 is 2.19 bits per heavy atom. The summed E-state index contributed by atoms with van der Waals surface area (Å²) >= 11 is 6.12. The fraction of sp³-hybridized carbons (Fsp3) is 0.600. The molecular weight excluding hydrogens is 290 g/mol. The lowest BCUT2D eigenvalue weighted by molar-refractivity contribution is 0.0753. The molecule has 0 bridgehead atoms. The first-order valence-corrected chi connectivity index (χ1v) is 7.94. The summed E-state index contributed by atoms with van der Waals surface area (Å²) in [6, 6.07) is 4.06. The van der Waals surface area contributed by atoms with Gasteiger partial charge in [0.25, 0.3) is 0 Å². The maximum Gasteiger partial charge on any atom is 0.215 e. The summed E-state index contributed by atoms with van der Waals surface area (Å²) in [4.78, 5) is 9.21. The van der Waals surface area contributed by atoms with Gasteiger partial charge in [0.1, 0.15) is 11.3 Å². The molecule has 2 fully saturated rings. The maximum absolute atomic E-state index is 6.12. The lowest BCUT2D eigenvalue weighted by Crippen LogP contribution is -2.23. The van der Waals surface area contributed by atoms with Crippen LogP contribution < -0.4 is 4.74 Å². The zero-order valence-corrected chi connectivity index (χ0v) is 12.7. The van der Waals surface area contributed by atoms with E-state index < -0.39 is 0 Å². The Hall–Kier alpha value is -1.33. The number of ether oxygens (including phenoxy) is 2. The highest BCUT2D eigenvalue weighted by molar-refractivity contribution is 6.16. The lowest BCUT2D eigenvalue weighted by atomic mass is 10.1. The minimum absolute atomic E-state index is 0.275. The minimum atomic E-state index is 0.275. The van der Waals surface area contributed by atoms with Gasteiger partial charge in [0, 0.05) is 12.7 Å². The van der Waals surface area contributed by atoms with E-state index in [0.29, 0.717) is 17.7 Å². The van der Waals surface area contributed by atoms with Crippen LogP contribution in [-0.2, 0) is 10.6 Å². The van der Waals surface area contributed by atoms with E-state index in [0.717, 1.165) is 30.0 Å². The van der Waals surface area contributed by atoms with Crippen LogP contribution in [0.25, 0.3) is 11.2 Å². The normalized spacial score (nSPS) is 25.6. The van der Waals surface area contributed by atoms with Crippen LogP contribution in [0.5, 0.6) is 5.88 Å². The first kappa shape index (κ1) is 13.3. The zero-order valence-electron chi connectivity index (χ0n) is 12.0. The van der Waals surface area contributed by atoms with E-state index in [2.05, 4.69) is 14.5 Å². The molecule has 21 heavy (non-hydrogen) atoms. The molecule has 5 nitrogen and oxygen atoms in total. The topological polar surface area (TPSA) is 49.2 Å². The first-order valence-electron chi connectivity index (χ1n) is 7.41. The number of fused-ring (bicyclic) bond motifs is 1. The van der Waals surface area contributed by atoms with Crippen LogP contribution in [0.4, 0.5) is 0 Å². The summed E-state index contributed by atoms with van der Waals surface area (Å²) in [5, 5.41) is 0. The van der Waals surface area contributed by atoms with Gasteiger partial charge in [0.2, 0.25) is 5.88 Å². The van der Waals surface area contributed by atoms with Crippen molar-refractivity contribution in [1.29, 1.82) is 0 Å². The molecule has 1 aliphatic heterocycles. The van der Waals surface area contributed by atoms with E-state index in [1.807, 2.05) is 12.1 Å². The highest BCUT2D eigenvalue weighted by Crippen LogP contribution is 2.44. The minimum Gasteiger partial charge on any atom is -0.481 e. The molecule has 2 aliphatic rings. The van der Waals surface area contributed by atoms with Gasteiger partial charge < -0.3 is 14.0 Å². The van der Waals surface area contributed by atoms with Gasteiger partial charge >= 0.3 is 0 Å². The Kier molecular flexibility index (Phi) is 3.27. The van der Waals surface area contributed by atoms with Crippen molar-refractivity contribution < 1.29 is 9.47 Å². The number of aromatic nitrogens is 3. The van der Waals surface area contributed by atoms with Crippen LogP contribution in [0.2, 0.25) is 0 Å². The van der Waals surface area contributed by atoms with Crippen LogP contribution in [0.3, 0.4) is 0 Å². The average Bonchev–Trinajstić information content (AvgIpc) is 3.13. The molecule has 3 heterocycles. The quantitative estimate of drug-likeness (QED) is 0.815. The molecule has 2 aromatic rings. The van der Waals surface area contributed by atoms with Crippen LogP contribution in [0.1, 0.15) is 31.1 Å². The van der Waals surface area contributed by atoms with Crippen molar-refractivity contribution in [3.05, 3.63) is 18.0 Å². The van der Waals surface area contributed by atoms with Crippen molar-refractivity contribution in [2.45, 2.75) is 37.3 Å². The zero-order chi connectivity index (χ0) is 14.4. The molecule has 1 aliphatic carbocycles. The van der Waals surface area contributed by atoms with Crippen molar-refractivity contribution in [3.8, 4) is 5.88 Å². The SMILES string of the molecule is COc1ccc2nc(CCl)n(C3CCOC3C3CC3)c2n1. The van der Waals surface area contributed by atoms with E-state index in [4.69, 9.17) is 21.1 Å². The van der Waals surface area contributed by atoms with Crippen LogP contribution >= 0.6 is 11.6 Å². The monoisotopic (exact) mass is 307 g/mol. The predicted molar refractivity (Wildman–Crippen MR) is 79.8 cm³/mol. The summed E-state index contributed by atoms with van der Waals surface area (Å²) in [5.41, 5.74) is 1.72. The van der Waals surface area contributed by atoms with Gasteiger partial charge in [-0.25, -0.2) is 4.98 Å². The van der Waals surface area contributed by atoms with Crippen molar-refractivity contribution in [1.82, 2.24) is 14.5 Å².